The minimum absolute atomic E-state index is 0.351. The molecule has 0 aliphatic heterocycles. The average Bonchev–Trinajstić information content (AvgIpc) is 1.86. The summed E-state index contributed by atoms with van der Waals surface area (Å²) < 4.78 is 0. The van der Waals surface area contributed by atoms with Crippen LogP contribution < -0.4 is 0 Å². The molecule has 0 aromatic carbocycles. The standard InChI is InChI=1S/C10H18O/c1-3-6-10(2)7-4-5-9(11)8-10/h3-8H2,1-2H3/t10-/m1/s1. The van der Waals surface area contributed by atoms with Gasteiger partial charge in [0.25, 0.3) is 0 Å². The van der Waals surface area contributed by atoms with Crippen LogP contribution in [0.3, 0.4) is 0 Å². The summed E-state index contributed by atoms with van der Waals surface area (Å²) in [6, 6.07) is 0. The maximum atomic E-state index is 11.2. The lowest BCUT2D eigenvalue weighted by Gasteiger charge is -2.32. The molecule has 1 saturated carbocycles. The van der Waals surface area contributed by atoms with Gasteiger partial charge in [-0.2, -0.15) is 0 Å². The second-order valence-corrected chi connectivity index (χ2v) is 4.13. The van der Waals surface area contributed by atoms with E-state index in [4.69, 9.17) is 0 Å². The SMILES string of the molecule is CCC[C@]1(C)CCCC(=O)C1. The second-order valence-electron chi connectivity index (χ2n) is 4.13. The highest BCUT2D eigenvalue weighted by Gasteiger charge is 2.29. The van der Waals surface area contributed by atoms with Crippen molar-refractivity contribution in [3.8, 4) is 0 Å². The zero-order chi connectivity index (χ0) is 8.32. The molecule has 0 N–H and O–H groups in total. The summed E-state index contributed by atoms with van der Waals surface area (Å²) in [4.78, 5) is 11.2. The maximum absolute atomic E-state index is 11.2. The number of hydrogen-bond donors (Lipinski definition) is 0. The molecule has 0 aromatic heterocycles. The fourth-order valence-electron chi connectivity index (χ4n) is 2.18. The first-order chi connectivity index (χ1) is 5.16. The third kappa shape index (κ3) is 2.32. The van der Waals surface area contributed by atoms with Gasteiger partial charge >= 0.3 is 0 Å². The van der Waals surface area contributed by atoms with Gasteiger partial charge in [-0.05, 0) is 24.7 Å². The van der Waals surface area contributed by atoms with Crippen LogP contribution in [0.5, 0.6) is 0 Å². The van der Waals surface area contributed by atoms with Crippen LogP contribution >= 0.6 is 0 Å². The molecule has 0 spiro atoms. The smallest absolute Gasteiger partial charge is 0.133 e. The van der Waals surface area contributed by atoms with E-state index in [0.717, 1.165) is 19.3 Å². The lowest BCUT2D eigenvalue weighted by Crippen LogP contribution is -2.25. The van der Waals surface area contributed by atoms with Crippen molar-refractivity contribution in [2.24, 2.45) is 5.41 Å². The molecule has 0 saturated heterocycles. The van der Waals surface area contributed by atoms with Crippen molar-refractivity contribution in [3.05, 3.63) is 0 Å². The molecule has 1 nitrogen and oxygen atoms in total. The van der Waals surface area contributed by atoms with Crippen LogP contribution in [0.4, 0.5) is 0 Å². The zero-order valence-corrected chi connectivity index (χ0v) is 7.65. The monoisotopic (exact) mass is 154 g/mol. The molecule has 1 fully saturated rings. The van der Waals surface area contributed by atoms with Crippen molar-refractivity contribution in [2.75, 3.05) is 0 Å². The summed E-state index contributed by atoms with van der Waals surface area (Å²) in [5.41, 5.74) is 0.351. The molecular weight excluding hydrogens is 136 g/mol. The average molecular weight is 154 g/mol. The second kappa shape index (κ2) is 3.38. The Balaban J connectivity index is 2.48. The molecule has 64 valence electrons. The Morgan fingerprint density at radius 2 is 2.27 bits per heavy atom. The van der Waals surface area contributed by atoms with Crippen molar-refractivity contribution >= 4 is 5.78 Å². The Morgan fingerprint density at radius 3 is 2.82 bits per heavy atom. The molecule has 0 radical (unpaired) electrons. The van der Waals surface area contributed by atoms with E-state index >= 15 is 0 Å². The molecule has 1 aliphatic rings. The van der Waals surface area contributed by atoms with Crippen molar-refractivity contribution in [2.45, 2.75) is 52.4 Å². The van der Waals surface area contributed by atoms with Crippen LogP contribution in [0.2, 0.25) is 0 Å². The van der Waals surface area contributed by atoms with Crippen LogP contribution in [0.15, 0.2) is 0 Å². The van der Waals surface area contributed by atoms with E-state index in [1.165, 1.54) is 19.3 Å². The summed E-state index contributed by atoms with van der Waals surface area (Å²) >= 11 is 0. The van der Waals surface area contributed by atoms with Crippen LogP contribution in [-0.4, -0.2) is 5.78 Å². The van der Waals surface area contributed by atoms with Crippen LogP contribution in [0.1, 0.15) is 52.4 Å². The van der Waals surface area contributed by atoms with Crippen LogP contribution in [0.25, 0.3) is 0 Å². The Morgan fingerprint density at radius 1 is 1.55 bits per heavy atom. The summed E-state index contributed by atoms with van der Waals surface area (Å²) in [5.74, 6) is 0.479. The third-order valence-electron chi connectivity index (χ3n) is 2.71. The van der Waals surface area contributed by atoms with Gasteiger partial charge in [0.05, 0.1) is 0 Å². The van der Waals surface area contributed by atoms with E-state index in [0.29, 0.717) is 11.2 Å². The van der Waals surface area contributed by atoms with Crippen molar-refractivity contribution in [1.82, 2.24) is 0 Å². The molecule has 0 amide bonds. The minimum Gasteiger partial charge on any atom is -0.300 e. The van der Waals surface area contributed by atoms with E-state index in [1.807, 2.05) is 0 Å². The molecule has 0 unspecified atom stereocenters. The van der Waals surface area contributed by atoms with Gasteiger partial charge in [-0.3, -0.25) is 4.79 Å². The summed E-state index contributed by atoms with van der Waals surface area (Å²) in [7, 11) is 0. The van der Waals surface area contributed by atoms with Gasteiger partial charge in [0, 0.05) is 12.8 Å². The summed E-state index contributed by atoms with van der Waals surface area (Å²) in [6.07, 6.45) is 6.48. The lowest BCUT2D eigenvalue weighted by atomic mass is 9.72. The number of carbonyl (C=O) groups is 1. The number of Topliss-reactive ketones (excluding diaryl/α,β-unsaturated/α-hetero) is 1. The van der Waals surface area contributed by atoms with Gasteiger partial charge in [0.1, 0.15) is 5.78 Å². The number of ketones is 1. The third-order valence-corrected chi connectivity index (χ3v) is 2.71. The first kappa shape index (κ1) is 8.76. The highest BCUT2D eigenvalue weighted by molar-refractivity contribution is 5.79. The first-order valence-corrected chi connectivity index (χ1v) is 4.68. The Bertz CT molecular complexity index is 147. The molecule has 1 heteroatoms. The fourth-order valence-corrected chi connectivity index (χ4v) is 2.18. The predicted molar refractivity (Wildman–Crippen MR) is 46.5 cm³/mol. The van der Waals surface area contributed by atoms with Crippen molar-refractivity contribution in [3.63, 3.8) is 0 Å². The van der Waals surface area contributed by atoms with Gasteiger partial charge < -0.3 is 0 Å². The molecular formula is C10H18O. The molecule has 0 bridgehead atoms. The molecule has 1 atom stereocenters. The van der Waals surface area contributed by atoms with Crippen LogP contribution in [-0.2, 0) is 4.79 Å². The van der Waals surface area contributed by atoms with Gasteiger partial charge in [-0.15, -0.1) is 0 Å². The number of hydrogen-bond acceptors (Lipinski definition) is 1. The summed E-state index contributed by atoms with van der Waals surface area (Å²) in [6.45, 7) is 4.46. The fraction of sp³-hybridized carbons (Fsp3) is 0.900. The van der Waals surface area contributed by atoms with E-state index in [2.05, 4.69) is 13.8 Å². The van der Waals surface area contributed by atoms with Crippen molar-refractivity contribution in [1.29, 1.82) is 0 Å². The molecule has 1 rings (SSSR count). The predicted octanol–water partition coefficient (Wildman–Crippen LogP) is 2.94. The number of carbonyl (C=O) groups excluding carboxylic acids is 1. The maximum Gasteiger partial charge on any atom is 0.133 e. The van der Waals surface area contributed by atoms with E-state index in [9.17, 15) is 4.79 Å². The van der Waals surface area contributed by atoms with E-state index < -0.39 is 0 Å². The van der Waals surface area contributed by atoms with Crippen molar-refractivity contribution < 1.29 is 4.79 Å². The van der Waals surface area contributed by atoms with Gasteiger partial charge in [0.2, 0.25) is 0 Å². The first-order valence-electron chi connectivity index (χ1n) is 4.68. The van der Waals surface area contributed by atoms with Gasteiger partial charge in [-0.25, -0.2) is 0 Å². The van der Waals surface area contributed by atoms with Crippen LogP contribution in [0, 0.1) is 5.41 Å². The normalized spacial score (nSPS) is 32.4. The largest absolute Gasteiger partial charge is 0.300 e. The Kier molecular flexibility index (Phi) is 2.69. The minimum atomic E-state index is 0.351. The highest BCUT2D eigenvalue weighted by Crippen LogP contribution is 2.37. The molecule has 1 aliphatic carbocycles. The topological polar surface area (TPSA) is 17.1 Å². The van der Waals surface area contributed by atoms with E-state index in [1.54, 1.807) is 0 Å². The molecule has 0 aromatic rings. The Labute approximate surface area is 69.2 Å². The lowest BCUT2D eigenvalue weighted by molar-refractivity contribution is -0.123. The van der Waals surface area contributed by atoms with E-state index in [-0.39, 0.29) is 0 Å². The Hall–Kier alpha value is -0.330. The van der Waals surface area contributed by atoms with Gasteiger partial charge in [0.15, 0.2) is 0 Å². The van der Waals surface area contributed by atoms with Gasteiger partial charge in [-0.1, -0.05) is 20.3 Å². The number of rotatable bonds is 2. The molecule has 0 heterocycles. The zero-order valence-electron chi connectivity index (χ0n) is 7.65. The molecule has 11 heavy (non-hydrogen) atoms. The highest BCUT2D eigenvalue weighted by atomic mass is 16.1. The summed E-state index contributed by atoms with van der Waals surface area (Å²) in [5, 5.41) is 0. The quantitative estimate of drug-likeness (QED) is 0.597.